The van der Waals surface area contributed by atoms with Crippen LogP contribution in [0.2, 0.25) is 0 Å². The van der Waals surface area contributed by atoms with Crippen molar-refractivity contribution in [3.8, 4) is 0 Å². The van der Waals surface area contributed by atoms with E-state index in [1.54, 1.807) is 0 Å². The second-order valence-corrected chi connectivity index (χ2v) is 6.73. The summed E-state index contributed by atoms with van der Waals surface area (Å²) in [5.74, 6) is 0.435. The number of aromatic amines is 1. The number of nitrogens with one attached hydrogen (secondary N) is 2. The highest BCUT2D eigenvalue weighted by Crippen LogP contribution is 2.35. The van der Waals surface area contributed by atoms with E-state index in [9.17, 15) is 10.1 Å². The highest BCUT2D eigenvalue weighted by Gasteiger charge is 2.30. The van der Waals surface area contributed by atoms with Crippen molar-refractivity contribution in [3.63, 3.8) is 0 Å². The minimum absolute atomic E-state index is 0.140. The average molecular weight is 398 g/mol. The van der Waals surface area contributed by atoms with Gasteiger partial charge in [0.2, 0.25) is 11.6 Å². The van der Waals surface area contributed by atoms with Crippen LogP contribution in [0.15, 0.2) is 30.6 Å². The number of anilines is 2. The van der Waals surface area contributed by atoms with Gasteiger partial charge in [-0.15, -0.1) is 0 Å². The maximum absolute atomic E-state index is 11.8. The third-order valence-corrected chi connectivity index (χ3v) is 5.13. The van der Waals surface area contributed by atoms with Gasteiger partial charge in [0.1, 0.15) is 6.33 Å². The van der Waals surface area contributed by atoms with Crippen LogP contribution in [0, 0.1) is 10.1 Å². The van der Waals surface area contributed by atoms with Gasteiger partial charge in [-0.3, -0.25) is 10.1 Å². The molecular weight excluding hydrogens is 376 g/mol. The highest BCUT2D eigenvalue weighted by atomic mass is 16.7. The van der Waals surface area contributed by atoms with Gasteiger partial charge in [-0.1, -0.05) is 18.2 Å². The van der Waals surface area contributed by atoms with E-state index in [2.05, 4.69) is 26.3 Å². The molecule has 1 aliphatic heterocycles. The molecule has 0 aliphatic carbocycles. The number of hydrogen-bond acceptors (Lipinski definition) is 8. The van der Waals surface area contributed by atoms with Crippen LogP contribution in [0.1, 0.15) is 11.3 Å². The van der Waals surface area contributed by atoms with Crippen LogP contribution in [-0.2, 0) is 22.4 Å². The number of aromatic nitrogens is 3. The third kappa shape index (κ3) is 3.59. The summed E-state index contributed by atoms with van der Waals surface area (Å²) in [4.78, 5) is 25.0. The summed E-state index contributed by atoms with van der Waals surface area (Å²) in [5.41, 5.74) is 3.23. The van der Waals surface area contributed by atoms with Crippen molar-refractivity contribution in [2.24, 2.45) is 0 Å². The van der Waals surface area contributed by atoms with Crippen LogP contribution in [0.5, 0.6) is 0 Å². The summed E-state index contributed by atoms with van der Waals surface area (Å²) in [6, 6.07) is 8.14. The molecule has 0 atom stereocenters. The molecule has 0 amide bonds. The van der Waals surface area contributed by atoms with Gasteiger partial charge in [0.25, 0.3) is 0 Å². The number of benzene rings is 1. The standard InChI is InChI=1S/C19H22N6O4/c1-28-16(29-2)9-20-18-17(25(26)27)19(22-11-21-18)24-8-7-13-12-5-3-4-6-14(12)23-15(13)10-24/h3-6,11,16,23H,7-10H2,1-2H3,(H,20,21,22). The Morgan fingerprint density at radius 2 is 2.10 bits per heavy atom. The normalized spacial score (nSPS) is 13.7. The molecule has 0 radical (unpaired) electrons. The van der Waals surface area contributed by atoms with E-state index in [1.807, 2.05) is 23.1 Å². The van der Waals surface area contributed by atoms with Gasteiger partial charge >= 0.3 is 5.69 Å². The fourth-order valence-corrected chi connectivity index (χ4v) is 3.72. The lowest BCUT2D eigenvalue weighted by molar-refractivity contribution is -0.383. The van der Waals surface area contributed by atoms with Crippen molar-refractivity contribution in [1.29, 1.82) is 0 Å². The fourth-order valence-electron chi connectivity index (χ4n) is 3.72. The molecule has 4 rings (SSSR count). The average Bonchev–Trinajstić information content (AvgIpc) is 3.12. The van der Waals surface area contributed by atoms with Crippen molar-refractivity contribution in [2.45, 2.75) is 19.3 Å². The molecule has 1 aromatic carbocycles. The molecule has 0 saturated carbocycles. The Balaban J connectivity index is 1.64. The minimum Gasteiger partial charge on any atom is -0.359 e. The van der Waals surface area contributed by atoms with E-state index < -0.39 is 11.2 Å². The van der Waals surface area contributed by atoms with E-state index in [-0.39, 0.29) is 18.1 Å². The van der Waals surface area contributed by atoms with Gasteiger partial charge in [-0.2, -0.15) is 0 Å². The summed E-state index contributed by atoms with van der Waals surface area (Å²) in [6.45, 7) is 1.36. The Bertz CT molecular complexity index is 1030. The number of nitrogens with zero attached hydrogens (tertiary/aromatic N) is 4. The van der Waals surface area contributed by atoms with Crippen LogP contribution in [0.25, 0.3) is 10.9 Å². The Kier molecular flexibility index (Phi) is 5.28. The zero-order chi connectivity index (χ0) is 20.4. The van der Waals surface area contributed by atoms with Crippen LogP contribution >= 0.6 is 0 Å². The van der Waals surface area contributed by atoms with Crippen LogP contribution in [-0.4, -0.2) is 53.5 Å². The van der Waals surface area contributed by atoms with Crippen molar-refractivity contribution in [1.82, 2.24) is 15.0 Å². The molecule has 3 aromatic rings. The first-order valence-corrected chi connectivity index (χ1v) is 9.24. The van der Waals surface area contributed by atoms with Gasteiger partial charge in [-0.25, -0.2) is 9.97 Å². The smallest absolute Gasteiger partial charge is 0.353 e. The van der Waals surface area contributed by atoms with Gasteiger partial charge in [0, 0.05) is 37.4 Å². The lowest BCUT2D eigenvalue weighted by Gasteiger charge is -2.28. The molecule has 0 fully saturated rings. The highest BCUT2D eigenvalue weighted by molar-refractivity contribution is 5.85. The third-order valence-electron chi connectivity index (χ3n) is 5.13. The molecule has 0 spiro atoms. The number of rotatable bonds is 7. The SMILES string of the molecule is COC(CNc1ncnc(N2CCc3c([nH]c4ccccc34)C2)c1[N+](=O)[O-])OC. The lowest BCUT2D eigenvalue weighted by atomic mass is 10.0. The molecule has 1 aliphatic rings. The first-order chi connectivity index (χ1) is 14.1. The second kappa shape index (κ2) is 8.02. The maximum atomic E-state index is 11.8. The minimum atomic E-state index is -0.545. The number of para-hydroxylation sites is 1. The molecule has 10 nitrogen and oxygen atoms in total. The Hall–Kier alpha value is -3.24. The van der Waals surface area contributed by atoms with Crippen LogP contribution < -0.4 is 10.2 Å². The number of nitro groups is 1. The van der Waals surface area contributed by atoms with Gasteiger partial charge in [-0.05, 0) is 18.1 Å². The molecule has 0 unspecified atom stereocenters. The Labute approximate surface area is 167 Å². The predicted molar refractivity (Wildman–Crippen MR) is 108 cm³/mol. The molecule has 0 bridgehead atoms. The summed E-state index contributed by atoms with van der Waals surface area (Å²) < 4.78 is 10.2. The molecule has 3 heterocycles. The van der Waals surface area contributed by atoms with E-state index in [4.69, 9.17) is 9.47 Å². The van der Waals surface area contributed by atoms with Gasteiger partial charge in [0.15, 0.2) is 6.29 Å². The summed E-state index contributed by atoms with van der Waals surface area (Å²) >= 11 is 0. The first kappa shape index (κ1) is 19.1. The number of H-pyrrole nitrogens is 1. The fraction of sp³-hybridized carbons (Fsp3) is 0.368. The number of ether oxygens (including phenoxy) is 2. The summed E-state index contributed by atoms with van der Waals surface area (Å²) in [6.07, 6.45) is 1.57. The van der Waals surface area contributed by atoms with E-state index >= 15 is 0 Å². The lowest BCUT2D eigenvalue weighted by Crippen LogP contribution is -2.32. The maximum Gasteiger partial charge on any atom is 0.353 e. The van der Waals surface area contributed by atoms with Crippen LogP contribution in [0.4, 0.5) is 17.3 Å². The summed E-state index contributed by atoms with van der Waals surface area (Å²) in [7, 11) is 3.00. The topological polar surface area (TPSA) is 118 Å². The molecule has 2 aromatic heterocycles. The van der Waals surface area contributed by atoms with Crippen molar-refractivity contribution in [3.05, 3.63) is 52.0 Å². The molecule has 2 N–H and O–H groups in total. The van der Waals surface area contributed by atoms with E-state index in [0.717, 1.165) is 17.6 Å². The van der Waals surface area contributed by atoms with E-state index in [0.29, 0.717) is 18.9 Å². The zero-order valence-corrected chi connectivity index (χ0v) is 16.2. The Morgan fingerprint density at radius 1 is 1.31 bits per heavy atom. The second-order valence-electron chi connectivity index (χ2n) is 6.73. The van der Waals surface area contributed by atoms with E-state index in [1.165, 1.54) is 31.5 Å². The summed E-state index contributed by atoms with van der Waals surface area (Å²) in [5, 5.41) is 16.0. The number of fused-ring (bicyclic) bond motifs is 3. The monoisotopic (exact) mass is 398 g/mol. The zero-order valence-electron chi connectivity index (χ0n) is 16.2. The van der Waals surface area contributed by atoms with Gasteiger partial charge in [0.05, 0.1) is 18.0 Å². The Morgan fingerprint density at radius 3 is 2.86 bits per heavy atom. The van der Waals surface area contributed by atoms with Crippen molar-refractivity contribution < 1.29 is 14.4 Å². The van der Waals surface area contributed by atoms with Crippen molar-refractivity contribution in [2.75, 3.05) is 37.5 Å². The molecule has 0 saturated heterocycles. The first-order valence-electron chi connectivity index (χ1n) is 9.24. The number of methoxy groups -OCH3 is 2. The van der Waals surface area contributed by atoms with Crippen LogP contribution in [0.3, 0.4) is 0 Å². The molecule has 152 valence electrons. The quantitative estimate of drug-likeness (QED) is 0.354. The predicted octanol–water partition coefficient (Wildman–Crippen LogP) is 2.46. The van der Waals surface area contributed by atoms with Gasteiger partial charge < -0.3 is 24.7 Å². The molecule has 29 heavy (non-hydrogen) atoms. The van der Waals surface area contributed by atoms with Crippen molar-refractivity contribution >= 4 is 28.2 Å². The largest absolute Gasteiger partial charge is 0.359 e. The molecular formula is C19H22N6O4. The number of hydrogen-bond donors (Lipinski definition) is 2. The molecule has 10 heteroatoms.